The van der Waals surface area contributed by atoms with E-state index >= 15 is 0 Å². The first-order valence-corrected chi connectivity index (χ1v) is 10.4. The van der Waals surface area contributed by atoms with Gasteiger partial charge in [-0.1, -0.05) is 25.3 Å². The Labute approximate surface area is 171 Å². The average molecular weight is 389 g/mol. The van der Waals surface area contributed by atoms with Crippen LogP contribution in [0.5, 0.6) is 5.75 Å². The number of nitrogens with zero attached hydrogens (tertiary/aromatic N) is 3. The van der Waals surface area contributed by atoms with E-state index in [1.807, 2.05) is 31.0 Å². The molecule has 5 nitrogen and oxygen atoms in total. The topological polar surface area (TPSA) is 47.4 Å². The van der Waals surface area contributed by atoms with Crippen LogP contribution in [0.3, 0.4) is 0 Å². The van der Waals surface area contributed by atoms with Crippen LogP contribution in [0.1, 0.15) is 43.5 Å². The van der Waals surface area contributed by atoms with Gasteiger partial charge in [0.05, 0.1) is 11.2 Å². The maximum Gasteiger partial charge on any atom is 0.227 e. The Morgan fingerprint density at radius 3 is 2.55 bits per heavy atom. The molecule has 1 aromatic carbocycles. The van der Waals surface area contributed by atoms with Crippen molar-refractivity contribution in [2.24, 2.45) is 7.05 Å². The second kappa shape index (κ2) is 6.34. The normalized spacial score (nSPS) is 20.5. The van der Waals surface area contributed by atoms with Gasteiger partial charge in [0.15, 0.2) is 5.75 Å². The number of aryl methyl sites for hydroxylation is 2. The molecule has 5 heteroatoms. The molecule has 2 aromatic rings. The van der Waals surface area contributed by atoms with Crippen LogP contribution < -0.4 is 9.64 Å². The van der Waals surface area contributed by atoms with Crippen molar-refractivity contribution in [2.75, 3.05) is 11.4 Å². The zero-order valence-corrected chi connectivity index (χ0v) is 17.3. The summed E-state index contributed by atoms with van der Waals surface area (Å²) in [5.41, 5.74) is 6.24. The smallest absolute Gasteiger partial charge is 0.227 e. The first-order valence-electron chi connectivity index (χ1n) is 10.4. The molecule has 0 unspecified atom stereocenters. The summed E-state index contributed by atoms with van der Waals surface area (Å²) in [5, 5.41) is 0. The Hall–Kier alpha value is -2.82. The number of allylic oxidation sites excluding steroid dienone is 2. The Morgan fingerprint density at radius 2 is 1.93 bits per heavy atom. The van der Waals surface area contributed by atoms with Gasteiger partial charge in [0.2, 0.25) is 5.91 Å². The average Bonchev–Trinajstić information content (AvgIpc) is 3.38. The van der Waals surface area contributed by atoms with E-state index in [1.54, 1.807) is 0 Å². The van der Waals surface area contributed by atoms with Gasteiger partial charge in [-0.2, -0.15) is 0 Å². The third kappa shape index (κ3) is 2.60. The molecule has 1 amide bonds. The number of carbonyl (C=O) groups excluding carboxylic acids is 1. The number of hydrogen-bond donors (Lipinski definition) is 0. The van der Waals surface area contributed by atoms with Gasteiger partial charge in [0.1, 0.15) is 16.9 Å². The number of aromatic nitrogens is 2. The van der Waals surface area contributed by atoms with Crippen LogP contribution in [0, 0.1) is 6.92 Å². The highest BCUT2D eigenvalue weighted by atomic mass is 16.5. The van der Waals surface area contributed by atoms with Gasteiger partial charge in [0, 0.05) is 38.4 Å². The number of fused-ring (bicyclic) bond motifs is 3. The molecule has 1 aliphatic carbocycles. The molecule has 29 heavy (non-hydrogen) atoms. The summed E-state index contributed by atoms with van der Waals surface area (Å²) in [7, 11) is 2.02. The van der Waals surface area contributed by atoms with E-state index in [0.29, 0.717) is 6.42 Å². The van der Waals surface area contributed by atoms with Gasteiger partial charge in [-0.05, 0) is 43.4 Å². The van der Waals surface area contributed by atoms with Crippen LogP contribution in [0.25, 0.3) is 11.0 Å². The number of rotatable bonds is 3. The molecule has 1 fully saturated rings. The van der Waals surface area contributed by atoms with Crippen molar-refractivity contribution in [3.63, 3.8) is 0 Å². The fourth-order valence-electron chi connectivity index (χ4n) is 5.19. The first-order chi connectivity index (χ1) is 14.0. The fraction of sp³-hybridized carbons (Fsp3) is 0.417. The molecule has 1 aromatic heterocycles. The number of carbonyl (C=O) groups is 1. The number of ether oxygens (including phenoxy) is 1. The zero-order valence-electron chi connectivity index (χ0n) is 17.3. The predicted octanol–water partition coefficient (Wildman–Crippen LogP) is 4.53. The van der Waals surface area contributed by atoms with Crippen molar-refractivity contribution in [3.8, 4) is 5.75 Å². The molecule has 0 radical (unpaired) electrons. The van der Waals surface area contributed by atoms with Crippen molar-refractivity contribution in [2.45, 2.75) is 51.0 Å². The largest absolute Gasteiger partial charge is 0.484 e. The summed E-state index contributed by atoms with van der Waals surface area (Å²) in [4.78, 5) is 19.3. The van der Waals surface area contributed by atoms with Gasteiger partial charge in [-0.3, -0.25) is 4.79 Å². The van der Waals surface area contributed by atoms with Crippen molar-refractivity contribution in [3.05, 3.63) is 53.9 Å². The van der Waals surface area contributed by atoms with E-state index in [1.165, 1.54) is 11.1 Å². The molecule has 0 bridgehead atoms. The standard InChI is InChI=1S/C24H27N3O2/c1-5-16-13-24(14-17(16)6-2)10-9-18-19(27-11-7-8-21(27)28)12-20-22(23(18)29-24)25-15(3)26(20)4/h5-6,12H,1-2,7-11,13-14H2,3-4H3. The molecule has 150 valence electrons. The van der Waals surface area contributed by atoms with Crippen LogP contribution in [0.2, 0.25) is 0 Å². The van der Waals surface area contributed by atoms with Crippen molar-refractivity contribution >= 4 is 22.6 Å². The van der Waals surface area contributed by atoms with Crippen molar-refractivity contribution in [1.29, 1.82) is 0 Å². The van der Waals surface area contributed by atoms with E-state index in [-0.39, 0.29) is 11.5 Å². The van der Waals surface area contributed by atoms with E-state index < -0.39 is 0 Å². The van der Waals surface area contributed by atoms with Crippen LogP contribution in [0.15, 0.2) is 42.5 Å². The number of benzene rings is 1. The highest BCUT2D eigenvalue weighted by molar-refractivity contribution is 6.00. The second-order valence-electron chi connectivity index (χ2n) is 8.54. The summed E-state index contributed by atoms with van der Waals surface area (Å²) < 4.78 is 8.90. The molecule has 0 N–H and O–H groups in total. The molecular weight excluding hydrogens is 362 g/mol. The number of amides is 1. The van der Waals surface area contributed by atoms with Gasteiger partial charge in [0.25, 0.3) is 0 Å². The molecule has 3 aliphatic rings. The van der Waals surface area contributed by atoms with Gasteiger partial charge >= 0.3 is 0 Å². The van der Waals surface area contributed by atoms with Gasteiger partial charge in [-0.25, -0.2) is 4.98 Å². The summed E-state index contributed by atoms with van der Waals surface area (Å²) in [6, 6.07) is 2.13. The molecule has 0 saturated carbocycles. The van der Waals surface area contributed by atoms with E-state index in [9.17, 15) is 4.79 Å². The maximum absolute atomic E-state index is 12.5. The summed E-state index contributed by atoms with van der Waals surface area (Å²) in [5.74, 6) is 2.01. The lowest BCUT2D eigenvalue weighted by atomic mass is 9.86. The van der Waals surface area contributed by atoms with Crippen LogP contribution in [-0.4, -0.2) is 27.6 Å². The molecule has 2 aliphatic heterocycles. The minimum absolute atomic E-state index is 0.205. The molecule has 1 spiro atoms. The molecular formula is C24H27N3O2. The minimum atomic E-state index is -0.272. The second-order valence-corrected chi connectivity index (χ2v) is 8.54. The Bertz CT molecular complexity index is 1090. The number of hydrogen-bond acceptors (Lipinski definition) is 3. The van der Waals surface area contributed by atoms with Gasteiger partial charge < -0.3 is 14.2 Å². The van der Waals surface area contributed by atoms with Crippen LogP contribution in [-0.2, 0) is 18.3 Å². The first kappa shape index (κ1) is 18.2. The highest BCUT2D eigenvalue weighted by Gasteiger charge is 2.44. The lowest BCUT2D eigenvalue weighted by molar-refractivity contribution is -0.117. The Balaban J connectivity index is 1.66. The highest BCUT2D eigenvalue weighted by Crippen LogP contribution is 2.50. The van der Waals surface area contributed by atoms with E-state index in [4.69, 9.17) is 9.72 Å². The molecule has 0 atom stereocenters. The van der Waals surface area contributed by atoms with E-state index in [2.05, 4.69) is 23.8 Å². The predicted molar refractivity (Wildman–Crippen MR) is 115 cm³/mol. The van der Waals surface area contributed by atoms with Gasteiger partial charge in [-0.15, -0.1) is 0 Å². The van der Waals surface area contributed by atoms with Crippen LogP contribution in [0.4, 0.5) is 5.69 Å². The summed E-state index contributed by atoms with van der Waals surface area (Å²) >= 11 is 0. The minimum Gasteiger partial charge on any atom is -0.484 e. The molecule has 5 rings (SSSR count). The molecule has 1 saturated heterocycles. The third-order valence-corrected chi connectivity index (χ3v) is 6.88. The SMILES string of the molecule is C=CC1=C(C=C)CC2(CCc3c(N4CCCC4=O)cc4c(nc(C)n4C)c3O2)C1. The van der Waals surface area contributed by atoms with E-state index in [0.717, 1.165) is 72.5 Å². The monoisotopic (exact) mass is 389 g/mol. The van der Waals surface area contributed by atoms with Crippen molar-refractivity contribution < 1.29 is 9.53 Å². The van der Waals surface area contributed by atoms with Crippen LogP contribution >= 0.6 is 0 Å². The lowest BCUT2D eigenvalue weighted by Crippen LogP contribution is -2.38. The number of anilines is 1. The van der Waals surface area contributed by atoms with Crippen molar-refractivity contribution in [1.82, 2.24) is 9.55 Å². The summed E-state index contributed by atoms with van der Waals surface area (Å²) in [6.45, 7) is 10.8. The third-order valence-electron chi connectivity index (χ3n) is 6.88. The zero-order chi connectivity index (χ0) is 20.3. The number of imidazole rings is 1. The fourth-order valence-corrected chi connectivity index (χ4v) is 5.19. The Kier molecular flexibility index (Phi) is 3.99. The maximum atomic E-state index is 12.5. The Morgan fingerprint density at radius 1 is 1.21 bits per heavy atom. The summed E-state index contributed by atoms with van der Waals surface area (Å²) in [6.07, 6.45) is 8.90. The quantitative estimate of drug-likeness (QED) is 0.775. The lowest BCUT2D eigenvalue weighted by Gasteiger charge is -2.38. The molecule has 3 heterocycles.